The highest BCUT2D eigenvalue weighted by molar-refractivity contribution is 7.99. The molecule has 0 spiro atoms. The number of nitrogens with one attached hydrogen (secondary N) is 1. The van der Waals surface area contributed by atoms with Crippen LogP contribution < -0.4 is 15.8 Å². The molecule has 0 fully saturated rings. The summed E-state index contributed by atoms with van der Waals surface area (Å²) >= 11 is 1.59. The normalized spacial score (nSPS) is 13.6. The van der Waals surface area contributed by atoms with Gasteiger partial charge >= 0.3 is 5.97 Å². The smallest absolute Gasteiger partial charge is 0.335 e. The van der Waals surface area contributed by atoms with E-state index in [1.807, 2.05) is 84.9 Å². The van der Waals surface area contributed by atoms with E-state index in [4.69, 9.17) is 15.2 Å². The van der Waals surface area contributed by atoms with Crippen LogP contribution in [0.25, 0.3) is 0 Å². The number of ether oxygens (including phenoxy) is 2. The second-order valence-corrected chi connectivity index (χ2v) is 9.45. The first-order valence-electron chi connectivity index (χ1n) is 11.7. The van der Waals surface area contributed by atoms with E-state index in [1.165, 1.54) is 0 Å². The Morgan fingerprint density at radius 2 is 1.69 bits per heavy atom. The first-order valence-corrected chi connectivity index (χ1v) is 12.7. The summed E-state index contributed by atoms with van der Waals surface area (Å²) in [6.07, 6.45) is -0.934. The molecule has 3 aromatic carbocycles. The molecule has 0 aliphatic carbocycles. The molecule has 3 rings (SSSR count). The summed E-state index contributed by atoms with van der Waals surface area (Å²) in [6, 6.07) is 27.1. The molecule has 0 heterocycles. The van der Waals surface area contributed by atoms with Crippen LogP contribution >= 0.6 is 11.8 Å². The largest absolute Gasteiger partial charge is 0.497 e. The summed E-state index contributed by atoms with van der Waals surface area (Å²) in [5, 5.41) is 13.7. The standard InChI is InChI=1S/C28H34N2O4S/c1-33-23-12-8-11-22(17-23)19-30-20-27(25(29)18-21-9-4-2-5-10-21)34-28(32)26(31)15-16-35-24-13-6-3-7-14-24/h2-14,17,25-27,30-31H,15-16,18-20,29H2,1H3/t25?,26-,27?/m0/s1. The van der Waals surface area contributed by atoms with Crippen LogP contribution in [0.3, 0.4) is 0 Å². The first kappa shape index (κ1) is 26.8. The molecule has 4 N–H and O–H groups in total. The van der Waals surface area contributed by atoms with Crippen LogP contribution in [0.1, 0.15) is 17.5 Å². The van der Waals surface area contributed by atoms with Gasteiger partial charge in [0.05, 0.1) is 7.11 Å². The highest BCUT2D eigenvalue weighted by atomic mass is 32.2. The van der Waals surface area contributed by atoms with Crippen LogP contribution in [0.2, 0.25) is 0 Å². The minimum atomic E-state index is -1.20. The zero-order valence-electron chi connectivity index (χ0n) is 20.0. The fraction of sp³-hybridized carbons (Fsp3) is 0.321. The van der Waals surface area contributed by atoms with Gasteiger partial charge in [-0.05, 0) is 48.2 Å². The highest BCUT2D eigenvalue weighted by Gasteiger charge is 2.26. The van der Waals surface area contributed by atoms with Gasteiger partial charge in [-0.1, -0.05) is 60.7 Å². The van der Waals surface area contributed by atoms with E-state index in [-0.39, 0.29) is 0 Å². The zero-order chi connectivity index (χ0) is 24.9. The molecule has 186 valence electrons. The van der Waals surface area contributed by atoms with E-state index in [1.54, 1.807) is 18.9 Å². The maximum Gasteiger partial charge on any atom is 0.335 e. The molecule has 0 aliphatic heterocycles. The molecule has 7 heteroatoms. The van der Waals surface area contributed by atoms with E-state index < -0.39 is 24.2 Å². The van der Waals surface area contributed by atoms with Gasteiger partial charge in [-0.2, -0.15) is 0 Å². The highest BCUT2D eigenvalue weighted by Crippen LogP contribution is 2.19. The number of hydrogen-bond acceptors (Lipinski definition) is 7. The van der Waals surface area contributed by atoms with E-state index in [2.05, 4.69) is 5.32 Å². The molecule has 3 aromatic rings. The fourth-order valence-corrected chi connectivity index (χ4v) is 4.52. The van der Waals surface area contributed by atoms with Crippen molar-refractivity contribution in [3.8, 4) is 5.75 Å². The van der Waals surface area contributed by atoms with Gasteiger partial charge in [0, 0.05) is 29.8 Å². The molecule has 0 aromatic heterocycles. The molecule has 0 radical (unpaired) electrons. The predicted octanol–water partition coefficient (Wildman–Crippen LogP) is 3.81. The molecule has 2 unspecified atom stereocenters. The third-order valence-electron chi connectivity index (χ3n) is 5.54. The Balaban J connectivity index is 1.55. The Morgan fingerprint density at radius 1 is 1.00 bits per heavy atom. The predicted molar refractivity (Wildman–Crippen MR) is 140 cm³/mol. The van der Waals surface area contributed by atoms with Crippen molar-refractivity contribution in [2.24, 2.45) is 5.73 Å². The topological polar surface area (TPSA) is 93.8 Å². The number of benzene rings is 3. The van der Waals surface area contributed by atoms with Crippen LogP contribution in [0, 0.1) is 0 Å². The van der Waals surface area contributed by atoms with Crippen LogP contribution in [0.15, 0.2) is 89.8 Å². The van der Waals surface area contributed by atoms with E-state index in [9.17, 15) is 9.90 Å². The Morgan fingerprint density at radius 3 is 2.40 bits per heavy atom. The molecule has 0 saturated heterocycles. The molecule has 0 bridgehead atoms. The van der Waals surface area contributed by atoms with Crippen molar-refractivity contribution < 1.29 is 19.4 Å². The molecular formula is C28H34N2O4S. The van der Waals surface area contributed by atoms with Crippen LogP contribution in [-0.4, -0.2) is 48.7 Å². The molecule has 0 amide bonds. The Kier molecular flexibility index (Phi) is 11.1. The first-order chi connectivity index (χ1) is 17.0. The third-order valence-corrected chi connectivity index (χ3v) is 6.59. The lowest BCUT2D eigenvalue weighted by Crippen LogP contribution is -2.47. The van der Waals surface area contributed by atoms with Crippen molar-refractivity contribution >= 4 is 17.7 Å². The monoisotopic (exact) mass is 494 g/mol. The van der Waals surface area contributed by atoms with Gasteiger partial charge in [-0.15, -0.1) is 11.8 Å². The average Bonchev–Trinajstić information content (AvgIpc) is 2.89. The molecule has 0 aliphatic rings. The van der Waals surface area contributed by atoms with Gasteiger partial charge in [0.25, 0.3) is 0 Å². The van der Waals surface area contributed by atoms with Crippen molar-refractivity contribution in [3.63, 3.8) is 0 Å². The third kappa shape index (κ3) is 9.38. The van der Waals surface area contributed by atoms with Crippen molar-refractivity contribution in [1.82, 2.24) is 5.32 Å². The fourth-order valence-electron chi connectivity index (χ4n) is 3.59. The minimum absolute atomic E-state index is 0.302. The summed E-state index contributed by atoms with van der Waals surface area (Å²) in [6.45, 7) is 0.933. The maximum absolute atomic E-state index is 12.7. The number of carbonyl (C=O) groups excluding carboxylic acids is 1. The summed E-state index contributed by atoms with van der Waals surface area (Å²) in [4.78, 5) is 13.8. The number of methoxy groups -OCH3 is 1. The van der Waals surface area contributed by atoms with Crippen molar-refractivity contribution in [1.29, 1.82) is 0 Å². The maximum atomic E-state index is 12.7. The number of aliphatic hydroxyl groups is 1. The van der Waals surface area contributed by atoms with E-state index in [0.29, 0.717) is 31.7 Å². The number of thioether (sulfide) groups is 1. The average molecular weight is 495 g/mol. The Labute approximate surface area is 211 Å². The van der Waals surface area contributed by atoms with Crippen molar-refractivity contribution in [2.45, 2.75) is 42.5 Å². The molecule has 35 heavy (non-hydrogen) atoms. The van der Waals surface area contributed by atoms with Gasteiger partial charge in [0.15, 0.2) is 6.10 Å². The van der Waals surface area contributed by atoms with Gasteiger partial charge < -0.3 is 25.6 Å². The molecule has 0 saturated carbocycles. The summed E-state index contributed by atoms with van der Waals surface area (Å²) < 4.78 is 11.0. The Bertz CT molecular complexity index is 1020. The Hall–Kier alpha value is -2.84. The quantitative estimate of drug-likeness (QED) is 0.232. The lowest BCUT2D eigenvalue weighted by Gasteiger charge is -2.26. The second kappa shape index (κ2) is 14.5. The molecule has 6 nitrogen and oxygen atoms in total. The number of esters is 1. The zero-order valence-corrected chi connectivity index (χ0v) is 20.8. The summed E-state index contributed by atoms with van der Waals surface area (Å²) in [5.41, 5.74) is 8.59. The van der Waals surface area contributed by atoms with Crippen molar-refractivity contribution in [3.05, 3.63) is 96.1 Å². The van der Waals surface area contributed by atoms with Crippen LogP contribution in [-0.2, 0) is 22.5 Å². The van der Waals surface area contributed by atoms with E-state index >= 15 is 0 Å². The summed E-state index contributed by atoms with van der Waals surface area (Å²) in [5.74, 6) is 0.745. The van der Waals surface area contributed by atoms with Gasteiger partial charge in [0.1, 0.15) is 11.9 Å². The van der Waals surface area contributed by atoms with Gasteiger partial charge in [-0.3, -0.25) is 0 Å². The number of carbonyl (C=O) groups is 1. The number of nitrogens with two attached hydrogens (primary N) is 1. The molecular weight excluding hydrogens is 460 g/mol. The number of rotatable bonds is 14. The number of hydrogen-bond donors (Lipinski definition) is 3. The van der Waals surface area contributed by atoms with Crippen LogP contribution in [0.4, 0.5) is 0 Å². The lowest BCUT2D eigenvalue weighted by molar-refractivity contribution is -0.160. The minimum Gasteiger partial charge on any atom is -0.497 e. The van der Waals surface area contributed by atoms with Crippen LogP contribution in [0.5, 0.6) is 5.75 Å². The van der Waals surface area contributed by atoms with Gasteiger partial charge in [0.2, 0.25) is 0 Å². The van der Waals surface area contributed by atoms with E-state index in [0.717, 1.165) is 21.8 Å². The number of aliphatic hydroxyl groups excluding tert-OH is 1. The summed E-state index contributed by atoms with van der Waals surface area (Å²) in [7, 11) is 1.63. The second-order valence-electron chi connectivity index (χ2n) is 8.28. The lowest BCUT2D eigenvalue weighted by atomic mass is 10.0. The van der Waals surface area contributed by atoms with Gasteiger partial charge in [-0.25, -0.2) is 4.79 Å². The molecule has 3 atom stereocenters. The SMILES string of the molecule is COc1cccc(CNCC(OC(=O)[C@@H](O)CCSc2ccccc2)C(N)Cc2ccccc2)c1. The van der Waals surface area contributed by atoms with Crippen molar-refractivity contribution in [2.75, 3.05) is 19.4 Å².